The summed E-state index contributed by atoms with van der Waals surface area (Å²) in [5.41, 5.74) is 8.77. The van der Waals surface area contributed by atoms with E-state index in [-0.39, 0.29) is 5.91 Å². The second kappa shape index (κ2) is 7.40. The first kappa shape index (κ1) is 14.2. The number of carbonyl (C=O) groups is 1. The zero-order chi connectivity index (χ0) is 14.2. The van der Waals surface area contributed by atoms with Crippen molar-refractivity contribution in [2.75, 3.05) is 0 Å². The fourth-order valence-electron chi connectivity index (χ4n) is 1.86. The van der Waals surface area contributed by atoms with E-state index in [1.165, 1.54) is 0 Å². The number of rotatable bonds is 6. The van der Waals surface area contributed by atoms with Crippen molar-refractivity contribution in [3.63, 3.8) is 0 Å². The number of aromatic nitrogens is 1. The van der Waals surface area contributed by atoms with Gasteiger partial charge < -0.3 is 0 Å². The molecule has 0 radical (unpaired) electrons. The molecule has 0 saturated heterocycles. The lowest BCUT2D eigenvalue weighted by atomic mass is 10.1. The van der Waals surface area contributed by atoms with Crippen LogP contribution in [0.2, 0.25) is 0 Å². The van der Waals surface area contributed by atoms with Gasteiger partial charge in [-0.05, 0) is 24.1 Å². The molecular weight excluding hydrogens is 250 g/mol. The highest BCUT2D eigenvalue weighted by Gasteiger charge is 2.00. The summed E-state index contributed by atoms with van der Waals surface area (Å²) >= 11 is 0. The lowest BCUT2D eigenvalue weighted by Gasteiger charge is -2.07. The van der Waals surface area contributed by atoms with Crippen LogP contribution in [-0.2, 0) is 11.3 Å². The quantitative estimate of drug-likeness (QED) is 0.793. The lowest BCUT2D eigenvalue weighted by molar-refractivity contribution is -0.122. The van der Waals surface area contributed by atoms with E-state index in [1.807, 2.05) is 49.4 Å². The van der Waals surface area contributed by atoms with Gasteiger partial charge in [0, 0.05) is 24.7 Å². The largest absolute Gasteiger partial charge is 0.291 e. The van der Waals surface area contributed by atoms with E-state index in [4.69, 9.17) is 0 Å². The number of hydrogen-bond acceptors (Lipinski definition) is 3. The van der Waals surface area contributed by atoms with Gasteiger partial charge in [0.1, 0.15) is 0 Å². The molecule has 2 rings (SSSR count). The molecule has 0 aliphatic heterocycles. The molecular formula is C16H19N3O. The van der Waals surface area contributed by atoms with Gasteiger partial charge in [-0.15, -0.1) is 0 Å². The Morgan fingerprint density at radius 2 is 1.95 bits per heavy atom. The highest BCUT2D eigenvalue weighted by Crippen LogP contribution is 2.16. The maximum atomic E-state index is 11.3. The van der Waals surface area contributed by atoms with Crippen LogP contribution in [0.25, 0.3) is 11.3 Å². The topological polar surface area (TPSA) is 54.0 Å². The average molecular weight is 269 g/mol. The van der Waals surface area contributed by atoms with Gasteiger partial charge in [0.25, 0.3) is 0 Å². The van der Waals surface area contributed by atoms with Crippen molar-refractivity contribution in [1.82, 2.24) is 15.8 Å². The number of hydrazine groups is 1. The molecule has 0 spiro atoms. The maximum Gasteiger partial charge on any atom is 0.234 e. The Bertz CT molecular complexity index is 537. The molecule has 104 valence electrons. The summed E-state index contributed by atoms with van der Waals surface area (Å²) in [5, 5.41) is 0. The summed E-state index contributed by atoms with van der Waals surface area (Å²) in [5.74, 6) is 0.0256. The second-order valence-corrected chi connectivity index (χ2v) is 4.56. The predicted molar refractivity (Wildman–Crippen MR) is 79.6 cm³/mol. The van der Waals surface area contributed by atoms with Crippen LogP contribution in [0.3, 0.4) is 0 Å². The van der Waals surface area contributed by atoms with Crippen molar-refractivity contribution in [2.45, 2.75) is 26.3 Å². The van der Waals surface area contributed by atoms with Gasteiger partial charge in [0.05, 0.1) is 5.69 Å². The number of pyridine rings is 1. The molecule has 1 heterocycles. The van der Waals surface area contributed by atoms with Crippen LogP contribution in [0.5, 0.6) is 0 Å². The van der Waals surface area contributed by atoms with Gasteiger partial charge in [-0.25, -0.2) is 5.43 Å². The molecule has 0 bridgehead atoms. The minimum absolute atomic E-state index is 0.0256. The molecule has 0 aliphatic rings. The molecule has 0 fully saturated rings. The molecule has 0 saturated carbocycles. The molecule has 4 heteroatoms. The highest BCUT2D eigenvalue weighted by atomic mass is 16.2. The van der Waals surface area contributed by atoms with E-state index in [1.54, 1.807) is 6.20 Å². The number of nitrogens with one attached hydrogen (secondary N) is 2. The summed E-state index contributed by atoms with van der Waals surface area (Å²) in [6, 6.07) is 14.0. The number of hydrogen-bond donors (Lipinski definition) is 2. The van der Waals surface area contributed by atoms with Gasteiger partial charge >= 0.3 is 0 Å². The SMILES string of the molecule is CCCC(=O)NNCc1ccc(-c2ccccn2)cc1. The molecule has 1 amide bonds. The maximum absolute atomic E-state index is 11.3. The Labute approximate surface area is 119 Å². The number of benzene rings is 1. The zero-order valence-corrected chi connectivity index (χ0v) is 11.6. The smallest absolute Gasteiger partial charge is 0.234 e. The van der Waals surface area contributed by atoms with E-state index in [9.17, 15) is 4.79 Å². The molecule has 2 N–H and O–H groups in total. The summed E-state index contributed by atoms with van der Waals surface area (Å²) in [7, 11) is 0. The monoisotopic (exact) mass is 269 g/mol. The van der Waals surface area contributed by atoms with Gasteiger partial charge in [0.15, 0.2) is 0 Å². The summed E-state index contributed by atoms with van der Waals surface area (Å²) in [6.07, 6.45) is 3.19. The zero-order valence-electron chi connectivity index (χ0n) is 11.6. The van der Waals surface area contributed by atoms with Crippen LogP contribution in [0.15, 0.2) is 48.7 Å². The van der Waals surface area contributed by atoms with Crippen LogP contribution in [0.4, 0.5) is 0 Å². The Hall–Kier alpha value is -2.20. The first-order valence-electron chi connectivity index (χ1n) is 6.81. The summed E-state index contributed by atoms with van der Waals surface area (Å²) in [6.45, 7) is 2.59. The van der Waals surface area contributed by atoms with Crippen molar-refractivity contribution in [3.8, 4) is 11.3 Å². The van der Waals surface area contributed by atoms with Gasteiger partial charge in [-0.3, -0.25) is 15.2 Å². The van der Waals surface area contributed by atoms with Gasteiger partial charge in [-0.1, -0.05) is 37.3 Å². The Kier molecular flexibility index (Phi) is 5.26. The Morgan fingerprint density at radius 1 is 1.15 bits per heavy atom. The predicted octanol–water partition coefficient (Wildman–Crippen LogP) is 2.67. The molecule has 4 nitrogen and oxygen atoms in total. The highest BCUT2D eigenvalue weighted by molar-refractivity contribution is 5.75. The molecule has 1 aromatic carbocycles. The van der Waals surface area contributed by atoms with Crippen molar-refractivity contribution >= 4 is 5.91 Å². The van der Waals surface area contributed by atoms with E-state index in [0.29, 0.717) is 13.0 Å². The van der Waals surface area contributed by atoms with E-state index >= 15 is 0 Å². The summed E-state index contributed by atoms with van der Waals surface area (Å²) in [4.78, 5) is 15.6. The Morgan fingerprint density at radius 3 is 2.60 bits per heavy atom. The van der Waals surface area contributed by atoms with Crippen LogP contribution >= 0.6 is 0 Å². The fourth-order valence-corrected chi connectivity index (χ4v) is 1.86. The third-order valence-corrected chi connectivity index (χ3v) is 2.91. The number of amides is 1. The van der Waals surface area contributed by atoms with Crippen LogP contribution in [-0.4, -0.2) is 10.9 Å². The molecule has 1 aromatic heterocycles. The van der Waals surface area contributed by atoms with E-state index in [2.05, 4.69) is 15.8 Å². The molecule has 20 heavy (non-hydrogen) atoms. The normalized spacial score (nSPS) is 10.2. The van der Waals surface area contributed by atoms with Crippen LogP contribution in [0.1, 0.15) is 25.3 Å². The number of carbonyl (C=O) groups excluding carboxylic acids is 1. The molecule has 0 unspecified atom stereocenters. The summed E-state index contributed by atoms with van der Waals surface area (Å²) < 4.78 is 0. The lowest BCUT2D eigenvalue weighted by Crippen LogP contribution is -2.36. The van der Waals surface area contributed by atoms with E-state index < -0.39 is 0 Å². The van der Waals surface area contributed by atoms with E-state index in [0.717, 1.165) is 23.2 Å². The molecule has 0 aliphatic carbocycles. The van der Waals surface area contributed by atoms with Crippen molar-refractivity contribution in [1.29, 1.82) is 0 Å². The fraction of sp³-hybridized carbons (Fsp3) is 0.250. The molecule has 0 atom stereocenters. The van der Waals surface area contributed by atoms with Crippen LogP contribution in [0, 0.1) is 0 Å². The van der Waals surface area contributed by atoms with Gasteiger partial charge in [0.2, 0.25) is 5.91 Å². The number of nitrogens with zero attached hydrogens (tertiary/aromatic N) is 1. The van der Waals surface area contributed by atoms with Gasteiger partial charge in [-0.2, -0.15) is 0 Å². The van der Waals surface area contributed by atoms with Crippen molar-refractivity contribution in [3.05, 3.63) is 54.2 Å². The third kappa shape index (κ3) is 4.17. The minimum atomic E-state index is 0.0256. The van der Waals surface area contributed by atoms with Crippen molar-refractivity contribution < 1.29 is 4.79 Å². The third-order valence-electron chi connectivity index (χ3n) is 2.91. The van der Waals surface area contributed by atoms with Crippen LogP contribution < -0.4 is 10.9 Å². The average Bonchev–Trinajstić information content (AvgIpc) is 2.49. The standard InChI is InChI=1S/C16H19N3O/c1-2-5-16(20)19-18-12-13-7-9-14(10-8-13)15-6-3-4-11-17-15/h3-4,6-11,18H,2,5,12H2,1H3,(H,19,20). The van der Waals surface area contributed by atoms with Crippen molar-refractivity contribution in [2.24, 2.45) is 0 Å². The second-order valence-electron chi connectivity index (χ2n) is 4.56. The molecule has 2 aromatic rings. The first-order chi connectivity index (χ1) is 9.79. The Balaban J connectivity index is 1.88. The first-order valence-corrected chi connectivity index (χ1v) is 6.81. The minimum Gasteiger partial charge on any atom is -0.291 e.